The fourth-order valence-corrected chi connectivity index (χ4v) is 4.32. The predicted octanol–water partition coefficient (Wildman–Crippen LogP) is 4.30. The summed E-state index contributed by atoms with van der Waals surface area (Å²) in [7, 11) is 0. The van der Waals surface area contributed by atoms with E-state index in [1.807, 2.05) is 39.8 Å². The smallest absolute Gasteiger partial charge is 0.267 e. The highest BCUT2D eigenvalue weighted by Crippen LogP contribution is 2.33. The standard InChI is InChI=1S/C22H26N4O2S/c1-11-8-9-15(12(2)10-11)18(27)25-26-19(28)17-13(3)16-14(4)23-21(22(5,6)7)24-20(16)29-17/h8-10H,1-7H3,(H,25,27)(H,26,28). The lowest BCUT2D eigenvalue weighted by Gasteiger charge is -2.16. The van der Waals surface area contributed by atoms with Gasteiger partial charge in [-0.3, -0.25) is 20.4 Å². The Labute approximate surface area is 174 Å². The molecule has 6 nitrogen and oxygen atoms in total. The van der Waals surface area contributed by atoms with Crippen molar-refractivity contribution >= 4 is 33.4 Å². The highest BCUT2D eigenvalue weighted by molar-refractivity contribution is 7.20. The molecule has 0 saturated heterocycles. The van der Waals surface area contributed by atoms with Crippen LogP contribution in [0.25, 0.3) is 10.2 Å². The number of carbonyl (C=O) groups excluding carboxylic acids is 2. The van der Waals surface area contributed by atoms with E-state index in [4.69, 9.17) is 0 Å². The number of aryl methyl sites for hydroxylation is 4. The van der Waals surface area contributed by atoms with Crippen LogP contribution in [0.1, 0.15) is 69.0 Å². The molecule has 0 bridgehead atoms. The van der Waals surface area contributed by atoms with Crippen molar-refractivity contribution in [1.29, 1.82) is 0 Å². The van der Waals surface area contributed by atoms with Gasteiger partial charge in [0.1, 0.15) is 10.7 Å². The number of rotatable bonds is 2. The number of benzene rings is 1. The van der Waals surface area contributed by atoms with Gasteiger partial charge in [-0.1, -0.05) is 38.5 Å². The van der Waals surface area contributed by atoms with Crippen LogP contribution >= 0.6 is 11.3 Å². The van der Waals surface area contributed by atoms with E-state index in [1.54, 1.807) is 6.07 Å². The zero-order valence-corrected chi connectivity index (χ0v) is 18.7. The van der Waals surface area contributed by atoms with E-state index in [2.05, 4.69) is 41.6 Å². The van der Waals surface area contributed by atoms with Gasteiger partial charge >= 0.3 is 0 Å². The Hall–Kier alpha value is -2.80. The van der Waals surface area contributed by atoms with Crippen molar-refractivity contribution in [2.75, 3.05) is 0 Å². The fraction of sp³-hybridized carbons (Fsp3) is 0.364. The third-order valence-electron chi connectivity index (χ3n) is 4.76. The molecule has 152 valence electrons. The first-order valence-electron chi connectivity index (χ1n) is 9.45. The largest absolute Gasteiger partial charge is 0.280 e. The second-order valence-corrected chi connectivity index (χ2v) is 9.34. The van der Waals surface area contributed by atoms with Gasteiger partial charge in [-0.05, 0) is 44.9 Å². The molecule has 2 aromatic heterocycles. The topological polar surface area (TPSA) is 84.0 Å². The lowest BCUT2D eigenvalue weighted by Crippen LogP contribution is -2.41. The molecule has 7 heteroatoms. The quantitative estimate of drug-likeness (QED) is 0.617. The van der Waals surface area contributed by atoms with E-state index in [0.29, 0.717) is 10.4 Å². The molecule has 3 rings (SSSR count). The third-order valence-corrected chi connectivity index (χ3v) is 5.95. The van der Waals surface area contributed by atoms with E-state index in [-0.39, 0.29) is 17.2 Å². The molecule has 2 N–H and O–H groups in total. The lowest BCUT2D eigenvalue weighted by atomic mass is 9.95. The van der Waals surface area contributed by atoms with Crippen LogP contribution in [0, 0.1) is 27.7 Å². The highest BCUT2D eigenvalue weighted by Gasteiger charge is 2.23. The number of carbonyl (C=O) groups is 2. The summed E-state index contributed by atoms with van der Waals surface area (Å²) in [6, 6.07) is 5.55. The number of aromatic nitrogens is 2. The van der Waals surface area contributed by atoms with Gasteiger partial charge in [0.15, 0.2) is 0 Å². The molecule has 1 aromatic carbocycles. The van der Waals surface area contributed by atoms with Crippen molar-refractivity contribution in [2.24, 2.45) is 0 Å². The summed E-state index contributed by atoms with van der Waals surface area (Å²) < 4.78 is 0. The summed E-state index contributed by atoms with van der Waals surface area (Å²) in [5.41, 5.74) is 9.00. The number of nitrogens with zero attached hydrogens (tertiary/aromatic N) is 2. The molecule has 0 fully saturated rings. The molecule has 0 atom stereocenters. The molecule has 0 spiro atoms. The minimum Gasteiger partial charge on any atom is -0.267 e. The second-order valence-electron chi connectivity index (χ2n) is 8.35. The van der Waals surface area contributed by atoms with Gasteiger partial charge in [0.2, 0.25) is 0 Å². The summed E-state index contributed by atoms with van der Waals surface area (Å²) in [6.45, 7) is 13.8. The Bertz CT molecular complexity index is 1130. The highest BCUT2D eigenvalue weighted by atomic mass is 32.1. The minimum atomic E-state index is -0.361. The Morgan fingerprint density at radius 3 is 2.24 bits per heavy atom. The van der Waals surface area contributed by atoms with Gasteiger partial charge in [-0.25, -0.2) is 9.97 Å². The number of thiophene rings is 1. The Morgan fingerprint density at radius 2 is 1.62 bits per heavy atom. The molecule has 29 heavy (non-hydrogen) atoms. The second kappa shape index (κ2) is 7.55. The number of hydrogen-bond acceptors (Lipinski definition) is 5. The SMILES string of the molecule is Cc1ccc(C(=O)NNC(=O)c2sc3nc(C(C)(C)C)nc(C)c3c2C)c(C)c1. The zero-order valence-electron chi connectivity index (χ0n) is 17.9. The maximum Gasteiger partial charge on any atom is 0.280 e. The Kier molecular flexibility index (Phi) is 5.45. The van der Waals surface area contributed by atoms with Crippen molar-refractivity contribution in [2.45, 2.75) is 53.9 Å². The molecule has 0 unspecified atom stereocenters. The summed E-state index contributed by atoms with van der Waals surface area (Å²) in [5.74, 6) is 0.0415. The molecular weight excluding hydrogens is 384 g/mol. The summed E-state index contributed by atoms with van der Waals surface area (Å²) in [6.07, 6.45) is 0. The Morgan fingerprint density at radius 1 is 0.966 bits per heavy atom. The maximum absolute atomic E-state index is 12.7. The van der Waals surface area contributed by atoms with Crippen molar-refractivity contribution < 1.29 is 9.59 Å². The average molecular weight is 411 g/mol. The van der Waals surface area contributed by atoms with Crippen LogP contribution in [-0.4, -0.2) is 21.8 Å². The molecule has 0 radical (unpaired) electrons. The zero-order chi connectivity index (χ0) is 21.5. The first-order chi connectivity index (χ1) is 13.5. The number of hydrogen-bond donors (Lipinski definition) is 2. The van der Waals surface area contributed by atoms with Crippen LogP contribution in [0.4, 0.5) is 0 Å². The van der Waals surface area contributed by atoms with Crippen LogP contribution in [0.3, 0.4) is 0 Å². The molecule has 2 amide bonds. The maximum atomic E-state index is 12.7. The molecule has 0 aliphatic rings. The number of amides is 2. The van der Waals surface area contributed by atoms with Crippen LogP contribution in [0.5, 0.6) is 0 Å². The van der Waals surface area contributed by atoms with Crippen molar-refractivity contribution in [3.05, 3.63) is 56.8 Å². The van der Waals surface area contributed by atoms with E-state index in [1.165, 1.54) is 11.3 Å². The molecule has 0 aliphatic carbocycles. The molecule has 0 aliphatic heterocycles. The third kappa shape index (κ3) is 4.15. The van der Waals surface area contributed by atoms with E-state index in [0.717, 1.165) is 38.4 Å². The van der Waals surface area contributed by atoms with E-state index in [9.17, 15) is 9.59 Å². The van der Waals surface area contributed by atoms with Crippen LogP contribution in [0.15, 0.2) is 18.2 Å². The van der Waals surface area contributed by atoms with Crippen molar-refractivity contribution in [1.82, 2.24) is 20.8 Å². The van der Waals surface area contributed by atoms with Gasteiger partial charge in [-0.15, -0.1) is 11.3 Å². The van der Waals surface area contributed by atoms with Crippen molar-refractivity contribution in [3.8, 4) is 0 Å². The Balaban J connectivity index is 1.85. The number of nitrogens with one attached hydrogen (secondary N) is 2. The summed E-state index contributed by atoms with van der Waals surface area (Å²) in [5, 5.41) is 0.897. The van der Waals surface area contributed by atoms with Crippen molar-refractivity contribution in [3.63, 3.8) is 0 Å². The van der Waals surface area contributed by atoms with Gasteiger partial charge in [0.25, 0.3) is 11.8 Å². The van der Waals surface area contributed by atoms with Crippen LogP contribution in [0.2, 0.25) is 0 Å². The average Bonchev–Trinajstić information content (AvgIpc) is 2.96. The van der Waals surface area contributed by atoms with Gasteiger partial charge in [0, 0.05) is 16.4 Å². The monoisotopic (exact) mass is 410 g/mol. The fourth-order valence-electron chi connectivity index (χ4n) is 3.20. The van der Waals surface area contributed by atoms with E-state index >= 15 is 0 Å². The normalized spacial score (nSPS) is 11.6. The van der Waals surface area contributed by atoms with E-state index < -0.39 is 0 Å². The molecule has 3 aromatic rings. The lowest BCUT2D eigenvalue weighted by molar-refractivity contribution is 0.0848. The van der Waals surface area contributed by atoms with Gasteiger partial charge in [0.05, 0.1) is 10.6 Å². The van der Waals surface area contributed by atoms with Crippen LogP contribution < -0.4 is 10.9 Å². The first-order valence-corrected chi connectivity index (χ1v) is 10.3. The molecular formula is C22H26N4O2S. The number of fused-ring (bicyclic) bond motifs is 1. The van der Waals surface area contributed by atoms with Gasteiger partial charge < -0.3 is 0 Å². The van der Waals surface area contributed by atoms with Gasteiger partial charge in [-0.2, -0.15) is 0 Å². The predicted molar refractivity (Wildman–Crippen MR) is 116 cm³/mol. The molecule has 2 heterocycles. The molecule has 0 saturated carbocycles. The number of hydrazine groups is 1. The summed E-state index contributed by atoms with van der Waals surface area (Å²) in [4.78, 5) is 35.8. The first kappa shape index (κ1) is 20.9. The van der Waals surface area contributed by atoms with Crippen LogP contribution in [-0.2, 0) is 5.41 Å². The summed E-state index contributed by atoms with van der Waals surface area (Å²) >= 11 is 1.31. The minimum absolute atomic E-state index is 0.181.